The SMILES string of the molecule is CCC1=[C]([Zr+2](=[C](c2cccc(C(F)(F)F)c2)c2cccc(C(F)(F)F)c2)[c]2cc(C(C)(C)C)cc3c2Cc2ccc(C(C)(C)C)cc2-3)C(CC)C=C1C(C)(C)C.[Cl-].[Cl-]. The molecule has 0 aliphatic heterocycles. The van der Waals surface area contributed by atoms with Crippen LogP contribution in [-0.2, 0) is 50.9 Å². The van der Waals surface area contributed by atoms with Gasteiger partial charge in [-0.25, -0.2) is 0 Å². The van der Waals surface area contributed by atoms with E-state index in [4.69, 9.17) is 0 Å². The fourth-order valence-electron chi connectivity index (χ4n) is 8.46. The van der Waals surface area contributed by atoms with E-state index >= 15 is 0 Å². The summed E-state index contributed by atoms with van der Waals surface area (Å²) in [5.41, 5.74) is 7.90. The summed E-state index contributed by atoms with van der Waals surface area (Å²) in [4.78, 5) is 0. The number of hydrogen-bond donors (Lipinski definition) is 0. The Bertz CT molecular complexity index is 2230. The predicted molar refractivity (Wildman–Crippen MR) is 216 cm³/mol. The molecule has 310 valence electrons. The number of hydrogen-bond acceptors (Lipinski definition) is 0. The molecule has 1 atom stereocenters. The van der Waals surface area contributed by atoms with Crippen molar-refractivity contribution in [3.05, 3.63) is 144 Å². The fraction of sp³-hybridized carbons (Fsp3) is 0.408. The molecule has 4 aromatic carbocycles. The smallest absolute Gasteiger partial charge is 1.00 e. The van der Waals surface area contributed by atoms with Gasteiger partial charge in [-0.2, -0.15) is 0 Å². The molecule has 2 aliphatic rings. The average Bonchev–Trinajstić information content (AvgIpc) is 3.67. The first-order valence-electron chi connectivity index (χ1n) is 19.7. The van der Waals surface area contributed by atoms with Crippen molar-refractivity contribution in [1.29, 1.82) is 0 Å². The Labute approximate surface area is 361 Å². The molecule has 58 heavy (non-hydrogen) atoms. The third-order valence-corrected chi connectivity index (χ3v) is 19.5. The molecular formula is C49H54Cl2F6Zr. The summed E-state index contributed by atoms with van der Waals surface area (Å²) < 4.78 is 90.4. The second-order valence-electron chi connectivity index (χ2n) is 18.6. The molecule has 0 amide bonds. The Kier molecular flexibility index (Phi) is 14.0. The Hall–Kier alpha value is -2.73. The summed E-state index contributed by atoms with van der Waals surface area (Å²) in [5.74, 6) is 0.00499. The molecule has 9 heteroatoms. The van der Waals surface area contributed by atoms with Gasteiger partial charge in [0.05, 0.1) is 0 Å². The second-order valence-corrected chi connectivity index (χ2v) is 24.3. The maximum atomic E-state index is 14.6. The summed E-state index contributed by atoms with van der Waals surface area (Å²) in [6.45, 7) is 24.0. The van der Waals surface area contributed by atoms with E-state index in [2.05, 4.69) is 113 Å². The number of allylic oxidation sites excluding steroid dienone is 4. The first kappa shape index (κ1) is 47.9. The number of halogens is 8. The third kappa shape index (κ3) is 9.43. The minimum Gasteiger partial charge on any atom is -1.00 e. The molecule has 0 N–H and O–H groups in total. The molecule has 0 radical (unpaired) electrons. The van der Waals surface area contributed by atoms with Gasteiger partial charge < -0.3 is 24.8 Å². The normalized spacial score (nSPS) is 15.5. The Balaban J connectivity index is 0.00000372. The standard InChI is InChI=1S/C21H25.C15H8F6.C13H21.2ClH.Zr/c1-20(2,3)16-9-7-14-11-15-8-10-17(21(4,5)6)13-19(15)18(14)12-16;16-14(17,18)12-5-1-3-10(8-12)7-11-4-2-6-13(9-11)15(19,20)21;1-6-10-8-11(7-2)12(9-10)13(3,4)5;;;/h7,9-10,12-13H,11H2,1-6H3;1-6,8-9H;9-10H,6-7H2,1-5H3;2*1H;/q;;;;;+2/p-2. The number of rotatable bonds is 6. The van der Waals surface area contributed by atoms with Crippen molar-refractivity contribution >= 4 is 6.48 Å². The molecule has 2 aliphatic carbocycles. The van der Waals surface area contributed by atoms with Gasteiger partial charge in [0.25, 0.3) is 0 Å². The molecule has 0 nitrogen and oxygen atoms in total. The molecule has 6 rings (SSSR count). The van der Waals surface area contributed by atoms with Crippen molar-refractivity contribution in [2.75, 3.05) is 0 Å². The number of benzene rings is 4. The van der Waals surface area contributed by atoms with Gasteiger partial charge in [0, 0.05) is 0 Å². The van der Waals surface area contributed by atoms with Crippen molar-refractivity contribution in [1.82, 2.24) is 0 Å². The zero-order chi connectivity index (χ0) is 41.3. The van der Waals surface area contributed by atoms with Crippen LogP contribution < -0.4 is 28.1 Å². The summed E-state index contributed by atoms with van der Waals surface area (Å²) in [7, 11) is 0. The number of fused-ring (bicyclic) bond motifs is 3. The maximum Gasteiger partial charge on any atom is -1.00 e. The molecule has 4 aromatic rings. The summed E-state index contributed by atoms with van der Waals surface area (Å²) in [5, 5.41) is 0. The van der Waals surface area contributed by atoms with Gasteiger partial charge in [-0.05, 0) is 0 Å². The largest absolute Gasteiger partial charge is 1.00 e. The van der Waals surface area contributed by atoms with Crippen molar-refractivity contribution < 1.29 is 72.4 Å². The van der Waals surface area contributed by atoms with Crippen molar-refractivity contribution in [2.24, 2.45) is 11.3 Å². The van der Waals surface area contributed by atoms with Crippen molar-refractivity contribution in [2.45, 2.75) is 119 Å². The third-order valence-electron chi connectivity index (χ3n) is 11.5. The van der Waals surface area contributed by atoms with Gasteiger partial charge in [0.1, 0.15) is 0 Å². The van der Waals surface area contributed by atoms with Gasteiger partial charge in [-0.3, -0.25) is 0 Å². The molecule has 0 aromatic heterocycles. The summed E-state index contributed by atoms with van der Waals surface area (Å²) in [6, 6.07) is 21.9. The van der Waals surface area contributed by atoms with Crippen LogP contribution in [0.4, 0.5) is 26.3 Å². The first-order valence-corrected chi connectivity index (χ1v) is 23.4. The predicted octanol–water partition coefficient (Wildman–Crippen LogP) is 8.09. The van der Waals surface area contributed by atoms with Crippen LogP contribution in [0.15, 0.2) is 99.4 Å². The monoisotopic (exact) mass is 916 g/mol. The molecule has 0 bridgehead atoms. The molecule has 0 fully saturated rings. The van der Waals surface area contributed by atoms with Crippen molar-refractivity contribution in [3.63, 3.8) is 0 Å². The summed E-state index contributed by atoms with van der Waals surface area (Å²) in [6.07, 6.45) is -4.75. The molecular weight excluding hydrogens is 865 g/mol. The van der Waals surface area contributed by atoms with E-state index < -0.39 is 44.7 Å². The van der Waals surface area contributed by atoms with Crippen LogP contribution in [0.25, 0.3) is 11.1 Å². The quantitative estimate of drug-likeness (QED) is 0.151. The van der Waals surface area contributed by atoms with Crippen LogP contribution >= 0.6 is 0 Å². The minimum atomic E-state index is -4.63. The van der Waals surface area contributed by atoms with Crippen LogP contribution in [0.1, 0.15) is 134 Å². The minimum absolute atomic E-state index is 0. The van der Waals surface area contributed by atoms with Gasteiger partial charge in [-0.15, -0.1) is 0 Å². The second kappa shape index (κ2) is 17.0. The van der Waals surface area contributed by atoms with Gasteiger partial charge >= 0.3 is 339 Å². The van der Waals surface area contributed by atoms with E-state index in [9.17, 15) is 26.3 Å². The Morgan fingerprint density at radius 1 is 0.603 bits per heavy atom. The van der Waals surface area contributed by atoms with Crippen molar-refractivity contribution in [3.8, 4) is 11.1 Å². The Morgan fingerprint density at radius 2 is 1.12 bits per heavy atom. The molecule has 1 unspecified atom stereocenters. The van der Waals surface area contributed by atoms with E-state index in [0.29, 0.717) is 27.2 Å². The van der Waals surface area contributed by atoms with Gasteiger partial charge in [0.2, 0.25) is 0 Å². The maximum absolute atomic E-state index is 14.6. The first-order chi connectivity index (χ1) is 25.8. The molecule has 0 saturated heterocycles. The molecule has 0 saturated carbocycles. The Morgan fingerprint density at radius 3 is 1.57 bits per heavy atom. The van der Waals surface area contributed by atoms with Gasteiger partial charge in [-0.1, -0.05) is 0 Å². The van der Waals surface area contributed by atoms with Crippen LogP contribution in [0, 0.1) is 11.3 Å². The number of alkyl halides is 6. The van der Waals surface area contributed by atoms with E-state index in [1.54, 1.807) is 12.1 Å². The molecule has 0 spiro atoms. The fourth-order valence-corrected chi connectivity index (χ4v) is 17.8. The average molecular weight is 919 g/mol. The van der Waals surface area contributed by atoms with Crippen LogP contribution in [-0.4, -0.2) is 3.21 Å². The molecule has 0 heterocycles. The van der Waals surface area contributed by atoms with Crippen LogP contribution in [0.3, 0.4) is 0 Å². The van der Waals surface area contributed by atoms with Crippen LogP contribution in [0.5, 0.6) is 0 Å². The van der Waals surface area contributed by atoms with E-state index in [0.717, 1.165) is 38.5 Å². The van der Waals surface area contributed by atoms with E-state index in [1.807, 2.05) is 0 Å². The van der Waals surface area contributed by atoms with E-state index in [1.165, 1.54) is 55.4 Å². The summed E-state index contributed by atoms with van der Waals surface area (Å²) >= 11 is -3.88. The van der Waals surface area contributed by atoms with Crippen LogP contribution in [0.2, 0.25) is 0 Å². The zero-order valence-electron chi connectivity index (χ0n) is 35.3. The van der Waals surface area contributed by atoms with E-state index in [-0.39, 0.29) is 47.0 Å². The van der Waals surface area contributed by atoms with Gasteiger partial charge in [0.15, 0.2) is 0 Å². The zero-order valence-corrected chi connectivity index (χ0v) is 39.3. The topological polar surface area (TPSA) is 0 Å².